The second-order valence-electron chi connectivity index (χ2n) is 4.41. The number of hydrogen-bond acceptors (Lipinski definition) is 5. The fraction of sp³-hybridized carbons (Fsp3) is 0.357. The highest BCUT2D eigenvalue weighted by Gasteiger charge is 2.06. The number of ether oxygens (including phenoxy) is 1. The second kappa shape index (κ2) is 7.73. The Morgan fingerprint density at radius 1 is 1.50 bits per heavy atom. The van der Waals surface area contributed by atoms with Gasteiger partial charge in [-0.3, -0.25) is 0 Å². The molecule has 1 aromatic carbocycles. The van der Waals surface area contributed by atoms with Crippen LogP contribution in [0, 0.1) is 6.92 Å². The lowest BCUT2D eigenvalue weighted by molar-refractivity contribution is 0.106. The molecule has 20 heavy (non-hydrogen) atoms. The fourth-order valence-corrected chi connectivity index (χ4v) is 2.66. The molecule has 4 nitrogen and oxygen atoms in total. The van der Waals surface area contributed by atoms with Gasteiger partial charge in [-0.05, 0) is 25.1 Å². The molecule has 108 valence electrons. The van der Waals surface area contributed by atoms with Crippen molar-refractivity contribution < 1.29 is 9.84 Å². The monoisotopic (exact) mass is 356 g/mol. The molecule has 0 aliphatic carbocycles. The van der Waals surface area contributed by atoms with E-state index in [1.165, 1.54) is 0 Å². The molecule has 2 N–H and O–H groups in total. The van der Waals surface area contributed by atoms with E-state index in [1.807, 2.05) is 36.6 Å². The van der Waals surface area contributed by atoms with Gasteiger partial charge in [-0.2, -0.15) is 0 Å². The van der Waals surface area contributed by atoms with E-state index in [9.17, 15) is 5.11 Å². The van der Waals surface area contributed by atoms with Gasteiger partial charge in [0.15, 0.2) is 0 Å². The quantitative estimate of drug-likeness (QED) is 0.800. The molecule has 0 saturated heterocycles. The van der Waals surface area contributed by atoms with Crippen molar-refractivity contribution in [3.63, 3.8) is 0 Å². The van der Waals surface area contributed by atoms with Crippen molar-refractivity contribution in [2.24, 2.45) is 0 Å². The number of aromatic nitrogens is 1. The minimum absolute atomic E-state index is 0.263. The minimum Gasteiger partial charge on any atom is -0.491 e. The van der Waals surface area contributed by atoms with E-state index in [1.54, 1.807) is 11.3 Å². The zero-order chi connectivity index (χ0) is 14.4. The summed E-state index contributed by atoms with van der Waals surface area (Å²) in [6, 6.07) is 7.57. The molecule has 0 saturated carbocycles. The van der Waals surface area contributed by atoms with E-state index in [4.69, 9.17) is 4.74 Å². The highest BCUT2D eigenvalue weighted by Crippen LogP contribution is 2.17. The molecule has 1 unspecified atom stereocenters. The fourth-order valence-electron chi connectivity index (χ4n) is 1.66. The number of hydrogen-bond donors (Lipinski definition) is 2. The molecule has 2 rings (SSSR count). The summed E-state index contributed by atoms with van der Waals surface area (Å²) in [6.07, 6.45) is -0.547. The van der Waals surface area contributed by atoms with Crippen LogP contribution >= 0.6 is 27.3 Å². The third-order valence-corrected chi connectivity index (χ3v) is 3.91. The topological polar surface area (TPSA) is 54.4 Å². The van der Waals surface area contributed by atoms with Crippen LogP contribution in [-0.4, -0.2) is 29.3 Å². The van der Waals surface area contributed by atoms with Crippen molar-refractivity contribution in [1.82, 2.24) is 10.3 Å². The number of aryl methyl sites for hydroxylation is 1. The molecule has 0 radical (unpaired) electrons. The van der Waals surface area contributed by atoms with Gasteiger partial charge in [0.25, 0.3) is 0 Å². The molecule has 1 heterocycles. The molecule has 2 aromatic rings. The third kappa shape index (κ3) is 5.20. The number of aliphatic hydroxyl groups is 1. The van der Waals surface area contributed by atoms with E-state index >= 15 is 0 Å². The maximum absolute atomic E-state index is 9.85. The van der Waals surface area contributed by atoms with Gasteiger partial charge in [0.1, 0.15) is 18.5 Å². The molecule has 0 fully saturated rings. The summed E-state index contributed by atoms with van der Waals surface area (Å²) < 4.78 is 6.48. The van der Waals surface area contributed by atoms with Crippen molar-refractivity contribution in [3.05, 3.63) is 44.8 Å². The van der Waals surface area contributed by atoms with Crippen LogP contribution in [0.1, 0.15) is 10.7 Å². The summed E-state index contributed by atoms with van der Waals surface area (Å²) in [4.78, 5) is 4.35. The Hall–Kier alpha value is -0.950. The van der Waals surface area contributed by atoms with Gasteiger partial charge in [-0.15, -0.1) is 11.3 Å². The highest BCUT2D eigenvalue weighted by molar-refractivity contribution is 9.10. The summed E-state index contributed by atoms with van der Waals surface area (Å²) in [6.45, 7) is 3.39. The number of halogens is 1. The normalized spacial score (nSPS) is 12.3. The number of rotatable bonds is 7. The lowest BCUT2D eigenvalue weighted by atomic mass is 10.3. The molecule has 1 atom stereocenters. The van der Waals surface area contributed by atoms with Crippen LogP contribution in [0.5, 0.6) is 5.75 Å². The summed E-state index contributed by atoms with van der Waals surface area (Å²) in [5.41, 5.74) is 1.01. The Kier molecular flexibility index (Phi) is 5.97. The largest absolute Gasteiger partial charge is 0.491 e. The first-order valence-electron chi connectivity index (χ1n) is 6.31. The zero-order valence-electron chi connectivity index (χ0n) is 11.2. The van der Waals surface area contributed by atoms with E-state index < -0.39 is 6.10 Å². The van der Waals surface area contributed by atoms with Crippen LogP contribution < -0.4 is 10.1 Å². The van der Waals surface area contributed by atoms with Crippen molar-refractivity contribution in [1.29, 1.82) is 0 Å². The molecule has 0 aliphatic heterocycles. The molecule has 0 spiro atoms. The van der Waals surface area contributed by atoms with E-state index in [0.717, 1.165) is 20.9 Å². The van der Waals surface area contributed by atoms with Crippen molar-refractivity contribution in [3.8, 4) is 5.75 Å². The molecule has 0 aliphatic rings. The molecular weight excluding hydrogens is 340 g/mol. The Bertz CT molecular complexity index is 547. The van der Waals surface area contributed by atoms with Crippen LogP contribution in [0.15, 0.2) is 34.1 Å². The first-order valence-corrected chi connectivity index (χ1v) is 7.99. The maximum Gasteiger partial charge on any atom is 0.120 e. The number of benzene rings is 1. The minimum atomic E-state index is -0.547. The predicted molar refractivity (Wildman–Crippen MR) is 84.2 cm³/mol. The van der Waals surface area contributed by atoms with Crippen molar-refractivity contribution in [2.75, 3.05) is 13.2 Å². The van der Waals surface area contributed by atoms with Gasteiger partial charge >= 0.3 is 0 Å². The van der Waals surface area contributed by atoms with Crippen LogP contribution in [0.3, 0.4) is 0 Å². The third-order valence-electron chi connectivity index (χ3n) is 2.59. The lowest BCUT2D eigenvalue weighted by Crippen LogP contribution is -2.31. The predicted octanol–water partition coefficient (Wildman–Crippen LogP) is 2.74. The summed E-state index contributed by atoms with van der Waals surface area (Å²) >= 11 is 5.01. The summed E-state index contributed by atoms with van der Waals surface area (Å²) in [7, 11) is 0. The second-order valence-corrected chi connectivity index (χ2v) is 6.39. The van der Waals surface area contributed by atoms with E-state index in [-0.39, 0.29) is 6.61 Å². The van der Waals surface area contributed by atoms with Crippen molar-refractivity contribution in [2.45, 2.75) is 19.6 Å². The molecule has 1 aromatic heterocycles. The number of nitrogens with one attached hydrogen (secondary N) is 1. The Morgan fingerprint density at radius 2 is 2.35 bits per heavy atom. The summed E-state index contributed by atoms with van der Waals surface area (Å²) in [5, 5.41) is 16.1. The standard InChI is InChI=1S/C14H17BrN2O2S/c1-10-17-12(9-20-10)6-16-7-13(18)8-19-14-4-2-3-11(15)5-14/h2-5,9,13,16,18H,6-8H2,1H3. The Morgan fingerprint density at radius 3 is 3.05 bits per heavy atom. The molecule has 0 amide bonds. The maximum atomic E-state index is 9.85. The van der Waals surface area contributed by atoms with E-state index in [0.29, 0.717) is 13.1 Å². The lowest BCUT2D eigenvalue weighted by Gasteiger charge is -2.13. The summed E-state index contributed by atoms with van der Waals surface area (Å²) in [5.74, 6) is 0.744. The first-order chi connectivity index (χ1) is 9.63. The van der Waals surface area contributed by atoms with Crippen molar-refractivity contribution >= 4 is 27.3 Å². The first kappa shape index (κ1) is 15.4. The van der Waals surface area contributed by atoms with Gasteiger partial charge in [-0.25, -0.2) is 4.98 Å². The Balaban J connectivity index is 1.66. The SMILES string of the molecule is Cc1nc(CNCC(O)COc2cccc(Br)c2)cs1. The van der Waals surface area contributed by atoms with Crippen LogP contribution in [0.25, 0.3) is 0 Å². The van der Waals surface area contributed by atoms with E-state index in [2.05, 4.69) is 26.2 Å². The van der Waals surface area contributed by atoms with Crippen LogP contribution in [0.2, 0.25) is 0 Å². The average molecular weight is 357 g/mol. The van der Waals surface area contributed by atoms with Crippen LogP contribution in [-0.2, 0) is 6.54 Å². The van der Waals surface area contributed by atoms with Crippen LogP contribution in [0.4, 0.5) is 0 Å². The average Bonchev–Trinajstić information content (AvgIpc) is 2.82. The van der Waals surface area contributed by atoms with Gasteiger partial charge in [-0.1, -0.05) is 22.0 Å². The zero-order valence-corrected chi connectivity index (χ0v) is 13.6. The molecule has 6 heteroatoms. The molecular formula is C14H17BrN2O2S. The number of nitrogens with zero attached hydrogens (tertiary/aromatic N) is 1. The number of aliphatic hydroxyl groups excluding tert-OH is 1. The smallest absolute Gasteiger partial charge is 0.120 e. The van der Waals surface area contributed by atoms with Gasteiger partial charge in [0.2, 0.25) is 0 Å². The van der Waals surface area contributed by atoms with Gasteiger partial charge in [0, 0.05) is 22.9 Å². The number of thiazole rings is 1. The van der Waals surface area contributed by atoms with Gasteiger partial charge < -0.3 is 15.2 Å². The highest BCUT2D eigenvalue weighted by atomic mass is 79.9. The van der Waals surface area contributed by atoms with Gasteiger partial charge in [0.05, 0.1) is 10.7 Å². The Labute approximate surface area is 130 Å². The molecule has 0 bridgehead atoms.